The van der Waals surface area contributed by atoms with Crippen molar-refractivity contribution in [3.63, 3.8) is 0 Å². The van der Waals surface area contributed by atoms with Crippen LogP contribution in [0.5, 0.6) is 5.75 Å². The molecule has 0 unspecified atom stereocenters. The van der Waals surface area contributed by atoms with Crippen LogP contribution in [-0.2, 0) is 11.3 Å². The van der Waals surface area contributed by atoms with Gasteiger partial charge in [-0.1, -0.05) is 6.07 Å². The van der Waals surface area contributed by atoms with E-state index < -0.39 is 0 Å². The highest BCUT2D eigenvalue weighted by Gasteiger charge is 2.02. The zero-order chi connectivity index (χ0) is 12.0. The van der Waals surface area contributed by atoms with Crippen molar-refractivity contribution in [1.82, 2.24) is 0 Å². The summed E-state index contributed by atoms with van der Waals surface area (Å²) in [5.74, 6) is 0.768. The lowest BCUT2D eigenvalue weighted by Gasteiger charge is -2.11. The van der Waals surface area contributed by atoms with Crippen LogP contribution in [0.4, 0.5) is 0 Å². The van der Waals surface area contributed by atoms with Gasteiger partial charge in [0.2, 0.25) is 0 Å². The summed E-state index contributed by atoms with van der Waals surface area (Å²) < 4.78 is 11.8. The van der Waals surface area contributed by atoms with E-state index in [4.69, 9.17) is 14.6 Å². The zero-order valence-electron chi connectivity index (χ0n) is 9.57. The molecule has 90 valence electrons. The molecule has 0 bridgehead atoms. The molecule has 0 aliphatic carbocycles. The highest BCUT2D eigenvalue weighted by atomic mass is 79.9. The molecule has 1 N–H and O–H groups in total. The van der Waals surface area contributed by atoms with Gasteiger partial charge in [0.1, 0.15) is 12.4 Å². The minimum Gasteiger partial charge on any atom is -0.490 e. The first-order chi connectivity index (χ1) is 7.63. The van der Waals surface area contributed by atoms with Crippen LogP contribution in [0.3, 0.4) is 0 Å². The highest BCUT2D eigenvalue weighted by molar-refractivity contribution is 9.10. The van der Waals surface area contributed by atoms with Gasteiger partial charge in [0.25, 0.3) is 0 Å². The van der Waals surface area contributed by atoms with E-state index in [1.165, 1.54) is 0 Å². The topological polar surface area (TPSA) is 38.7 Å². The van der Waals surface area contributed by atoms with Crippen LogP contribution in [0, 0.1) is 0 Å². The standard InChI is InChI=1S/C12H17BrO3/c1-9(2)15-5-6-16-12-4-3-10(8-14)7-11(12)13/h3-4,7,9,14H,5-6,8H2,1-2H3. The third kappa shape index (κ3) is 4.51. The Balaban J connectivity index is 2.42. The van der Waals surface area contributed by atoms with Crippen molar-refractivity contribution in [2.24, 2.45) is 0 Å². The molecule has 1 aromatic rings. The molecule has 0 saturated carbocycles. The van der Waals surface area contributed by atoms with Crippen molar-refractivity contribution in [3.05, 3.63) is 28.2 Å². The Bertz CT molecular complexity index is 326. The molecule has 0 radical (unpaired) electrons. The highest BCUT2D eigenvalue weighted by Crippen LogP contribution is 2.25. The molecule has 0 fully saturated rings. The minimum absolute atomic E-state index is 0.0370. The smallest absolute Gasteiger partial charge is 0.133 e. The summed E-state index contributed by atoms with van der Waals surface area (Å²) in [5, 5.41) is 8.95. The third-order valence-corrected chi connectivity index (χ3v) is 2.59. The second-order valence-corrected chi connectivity index (χ2v) is 4.55. The van der Waals surface area contributed by atoms with Gasteiger partial charge >= 0.3 is 0 Å². The molecule has 0 aromatic heterocycles. The van der Waals surface area contributed by atoms with Crippen molar-refractivity contribution < 1.29 is 14.6 Å². The normalized spacial score (nSPS) is 10.8. The van der Waals surface area contributed by atoms with E-state index in [1.54, 1.807) is 0 Å². The number of halogens is 1. The van der Waals surface area contributed by atoms with Crippen LogP contribution in [0.2, 0.25) is 0 Å². The maximum atomic E-state index is 8.95. The number of ether oxygens (including phenoxy) is 2. The van der Waals surface area contributed by atoms with Gasteiger partial charge in [-0.25, -0.2) is 0 Å². The van der Waals surface area contributed by atoms with Crippen molar-refractivity contribution in [3.8, 4) is 5.75 Å². The van der Waals surface area contributed by atoms with Gasteiger partial charge in [-0.2, -0.15) is 0 Å². The molecule has 0 amide bonds. The van der Waals surface area contributed by atoms with Gasteiger partial charge in [0.15, 0.2) is 0 Å². The molecule has 0 aliphatic heterocycles. The fourth-order valence-electron chi connectivity index (χ4n) is 1.20. The van der Waals surface area contributed by atoms with Gasteiger partial charge in [-0.05, 0) is 47.5 Å². The maximum Gasteiger partial charge on any atom is 0.133 e. The monoisotopic (exact) mass is 288 g/mol. The molecule has 1 rings (SSSR count). The predicted octanol–water partition coefficient (Wildman–Crippen LogP) is 2.75. The molecule has 4 heteroatoms. The Morgan fingerprint density at radius 2 is 2.06 bits per heavy atom. The Morgan fingerprint density at radius 1 is 1.31 bits per heavy atom. The van der Waals surface area contributed by atoms with Crippen LogP contribution in [-0.4, -0.2) is 24.4 Å². The summed E-state index contributed by atoms with van der Waals surface area (Å²) in [7, 11) is 0. The number of hydrogen-bond donors (Lipinski definition) is 1. The summed E-state index contributed by atoms with van der Waals surface area (Å²) in [6.07, 6.45) is 0.226. The van der Waals surface area contributed by atoms with E-state index in [9.17, 15) is 0 Å². The van der Waals surface area contributed by atoms with Crippen LogP contribution in [0.25, 0.3) is 0 Å². The van der Waals surface area contributed by atoms with E-state index in [2.05, 4.69) is 15.9 Å². The van der Waals surface area contributed by atoms with Crippen molar-refractivity contribution >= 4 is 15.9 Å². The Kier molecular flexibility index (Phi) is 5.80. The van der Waals surface area contributed by atoms with Gasteiger partial charge in [0, 0.05) is 0 Å². The van der Waals surface area contributed by atoms with E-state index in [-0.39, 0.29) is 12.7 Å². The van der Waals surface area contributed by atoms with Crippen LogP contribution >= 0.6 is 15.9 Å². The summed E-state index contributed by atoms with van der Waals surface area (Å²) in [6, 6.07) is 5.52. The van der Waals surface area contributed by atoms with Crippen LogP contribution < -0.4 is 4.74 Å². The molecule has 0 saturated heterocycles. The third-order valence-electron chi connectivity index (χ3n) is 1.97. The fourth-order valence-corrected chi connectivity index (χ4v) is 1.74. The first-order valence-electron chi connectivity index (χ1n) is 5.27. The number of benzene rings is 1. The average Bonchev–Trinajstić information content (AvgIpc) is 2.25. The molecule has 16 heavy (non-hydrogen) atoms. The van der Waals surface area contributed by atoms with E-state index in [0.29, 0.717) is 13.2 Å². The first-order valence-corrected chi connectivity index (χ1v) is 6.06. The quantitative estimate of drug-likeness (QED) is 0.818. The molecular formula is C12H17BrO3. The number of rotatable bonds is 6. The lowest BCUT2D eigenvalue weighted by Crippen LogP contribution is -2.11. The summed E-state index contributed by atoms with van der Waals surface area (Å²) in [6.45, 7) is 5.12. The second kappa shape index (κ2) is 6.89. The largest absolute Gasteiger partial charge is 0.490 e. The SMILES string of the molecule is CC(C)OCCOc1ccc(CO)cc1Br. The summed E-state index contributed by atoms with van der Waals surface area (Å²) in [4.78, 5) is 0. The Hall–Kier alpha value is -0.580. The average molecular weight is 289 g/mol. The Morgan fingerprint density at radius 3 is 2.62 bits per heavy atom. The van der Waals surface area contributed by atoms with Gasteiger partial charge in [0.05, 0.1) is 23.8 Å². The fraction of sp³-hybridized carbons (Fsp3) is 0.500. The molecule has 0 heterocycles. The van der Waals surface area contributed by atoms with Gasteiger partial charge in [-0.3, -0.25) is 0 Å². The molecular weight excluding hydrogens is 272 g/mol. The van der Waals surface area contributed by atoms with Crippen molar-refractivity contribution in [2.45, 2.75) is 26.6 Å². The summed E-state index contributed by atoms with van der Waals surface area (Å²) in [5.41, 5.74) is 0.859. The maximum absolute atomic E-state index is 8.95. The van der Waals surface area contributed by atoms with Crippen LogP contribution in [0.1, 0.15) is 19.4 Å². The lowest BCUT2D eigenvalue weighted by molar-refractivity contribution is 0.0551. The molecule has 3 nitrogen and oxygen atoms in total. The number of aliphatic hydroxyl groups excluding tert-OH is 1. The molecule has 0 atom stereocenters. The Labute approximate surface area is 105 Å². The second-order valence-electron chi connectivity index (χ2n) is 3.69. The van der Waals surface area contributed by atoms with E-state index in [0.717, 1.165) is 15.8 Å². The van der Waals surface area contributed by atoms with E-state index in [1.807, 2.05) is 32.0 Å². The van der Waals surface area contributed by atoms with Crippen molar-refractivity contribution in [1.29, 1.82) is 0 Å². The van der Waals surface area contributed by atoms with E-state index >= 15 is 0 Å². The van der Waals surface area contributed by atoms with Crippen LogP contribution in [0.15, 0.2) is 22.7 Å². The predicted molar refractivity (Wildman–Crippen MR) is 66.6 cm³/mol. The van der Waals surface area contributed by atoms with Crippen molar-refractivity contribution in [2.75, 3.05) is 13.2 Å². The minimum atomic E-state index is 0.0370. The molecule has 0 aliphatic rings. The molecule has 1 aromatic carbocycles. The number of aliphatic hydroxyl groups is 1. The zero-order valence-corrected chi connectivity index (χ0v) is 11.2. The number of hydrogen-bond acceptors (Lipinski definition) is 3. The lowest BCUT2D eigenvalue weighted by atomic mass is 10.2. The summed E-state index contributed by atoms with van der Waals surface area (Å²) >= 11 is 3.39. The van der Waals surface area contributed by atoms with Gasteiger partial charge < -0.3 is 14.6 Å². The van der Waals surface area contributed by atoms with Gasteiger partial charge in [-0.15, -0.1) is 0 Å². The first kappa shape index (κ1) is 13.5. The molecule has 0 spiro atoms.